The molecule has 0 amide bonds. The summed E-state index contributed by atoms with van der Waals surface area (Å²) < 4.78 is 2.49. The van der Waals surface area contributed by atoms with Crippen LogP contribution in [0.25, 0.3) is 0 Å². The Balaban J connectivity index is 2.35. The largest absolute Gasteiger partial charge is 0.288 e. The highest BCUT2D eigenvalue weighted by Crippen LogP contribution is 2.33. The fourth-order valence-electron chi connectivity index (χ4n) is 1.20. The second kappa shape index (κ2) is 5.16. The normalized spacial score (nSPS) is 10.4. The molecule has 16 heavy (non-hydrogen) atoms. The summed E-state index contributed by atoms with van der Waals surface area (Å²) in [5, 5.41) is 0. The molecule has 0 bridgehead atoms. The summed E-state index contributed by atoms with van der Waals surface area (Å²) in [5.74, 6) is 0.00833. The van der Waals surface area contributed by atoms with E-state index in [2.05, 4.69) is 38.5 Å². The zero-order valence-electron chi connectivity index (χ0n) is 7.84. The second-order valence-electron chi connectivity index (χ2n) is 3.07. The summed E-state index contributed by atoms with van der Waals surface area (Å²) in [4.78, 5) is 12.7. The SMILES string of the molecule is O=C(c1ccc(I)cc1)c1cc(Br)c(Cl)s1. The van der Waals surface area contributed by atoms with Crippen LogP contribution < -0.4 is 0 Å². The van der Waals surface area contributed by atoms with Gasteiger partial charge < -0.3 is 0 Å². The van der Waals surface area contributed by atoms with Crippen LogP contribution in [0.5, 0.6) is 0 Å². The summed E-state index contributed by atoms with van der Waals surface area (Å²) >= 11 is 12.7. The fourth-order valence-corrected chi connectivity index (χ4v) is 3.23. The van der Waals surface area contributed by atoms with Crippen LogP contribution in [0.4, 0.5) is 0 Å². The van der Waals surface area contributed by atoms with E-state index in [1.54, 1.807) is 6.07 Å². The van der Waals surface area contributed by atoms with Crippen LogP contribution >= 0.6 is 61.5 Å². The molecule has 0 spiro atoms. The Kier molecular flexibility index (Phi) is 4.05. The highest BCUT2D eigenvalue weighted by Gasteiger charge is 2.13. The van der Waals surface area contributed by atoms with E-state index in [-0.39, 0.29) is 5.78 Å². The summed E-state index contributed by atoms with van der Waals surface area (Å²) in [6, 6.07) is 9.24. The Morgan fingerprint density at radius 2 is 1.94 bits per heavy atom. The first-order valence-corrected chi connectivity index (χ1v) is 7.39. The molecule has 2 rings (SSSR count). The van der Waals surface area contributed by atoms with Crippen LogP contribution in [0.3, 0.4) is 0 Å². The van der Waals surface area contributed by atoms with Gasteiger partial charge in [-0.25, -0.2) is 0 Å². The average molecular weight is 427 g/mol. The lowest BCUT2D eigenvalue weighted by Crippen LogP contribution is -1.97. The predicted octanol–water partition coefficient (Wildman–Crippen LogP) is 5.00. The molecular formula is C11H5BrClIOS. The highest BCUT2D eigenvalue weighted by atomic mass is 127. The molecule has 0 aliphatic carbocycles. The van der Waals surface area contributed by atoms with E-state index in [0.717, 1.165) is 8.04 Å². The molecule has 0 saturated carbocycles. The van der Waals surface area contributed by atoms with Crippen molar-refractivity contribution in [2.75, 3.05) is 0 Å². The molecule has 1 aromatic carbocycles. The maximum absolute atomic E-state index is 12.1. The maximum atomic E-state index is 12.1. The van der Waals surface area contributed by atoms with Crippen LogP contribution in [-0.4, -0.2) is 5.78 Å². The van der Waals surface area contributed by atoms with Crippen molar-refractivity contribution >= 4 is 67.2 Å². The van der Waals surface area contributed by atoms with Crippen molar-refractivity contribution in [3.8, 4) is 0 Å². The van der Waals surface area contributed by atoms with Crippen molar-refractivity contribution in [3.63, 3.8) is 0 Å². The predicted molar refractivity (Wildman–Crippen MR) is 79.6 cm³/mol. The molecule has 0 aliphatic heterocycles. The molecule has 0 atom stereocenters. The van der Waals surface area contributed by atoms with Crippen LogP contribution in [0.1, 0.15) is 15.2 Å². The van der Waals surface area contributed by atoms with Crippen molar-refractivity contribution in [1.29, 1.82) is 0 Å². The molecule has 0 fully saturated rings. The number of rotatable bonds is 2. The van der Waals surface area contributed by atoms with Crippen LogP contribution in [0, 0.1) is 3.57 Å². The van der Waals surface area contributed by atoms with Crippen molar-refractivity contribution in [1.82, 2.24) is 0 Å². The Hall–Kier alpha value is 0.0900. The van der Waals surface area contributed by atoms with E-state index in [1.165, 1.54) is 11.3 Å². The number of carbonyl (C=O) groups is 1. The number of thiophene rings is 1. The molecule has 1 nitrogen and oxygen atoms in total. The number of benzene rings is 1. The van der Waals surface area contributed by atoms with E-state index in [1.807, 2.05) is 24.3 Å². The van der Waals surface area contributed by atoms with Gasteiger partial charge in [-0.2, -0.15) is 0 Å². The first-order chi connectivity index (χ1) is 7.58. The van der Waals surface area contributed by atoms with Crippen molar-refractivity contribution in [2.45, 2.75) is 0 Å². The van der Waals surface area contributed by atoms with Gasteiger partial charge in [-0.3, -0.25) is 4.79 Å². The Morgan fingerprint density at radius 3 is 2.44 bits per heavy atom. The molecule has 0 aliphatic rings. The quantitative estimate of drug-likeness (QED) is 0.487. The number of hydrogen-bond acceptors (Lipinski definition) is 2. The van der Waals surface area contributed by atoms with Gasteiger partial charge in [0.1, 0.15) is 4.34 Å². The Labute approximate surface area is 124 Å². The minimum Gasteiger partial charge on any atom is -0.288 e. The molecule has 1 heterocycles. The summed E-state index contributed by atoms with van der Waals surface area (Å²) in [7, 11) is 0. The van der Waals surface area contributed by atoms with Gasteiger partial charge in [-0.05, 0) is 68.9 Å². The van der Waals surface area contributed by atoms with Crippen molar-refractivity contribution in [2.24, 2.45) is 0 Å². The molecule has 0 radical (unpaired) electrons. The molecular weight excluding hydrogens is 422 g/mol. The number of carbonyl (C=O) groups excluding carboxylic acids is 1. The third kappa shape index (κ3) is 2.67. The zero-order valence-corrected chi connectivity index (χ0v) is 13.2. The van der Waals surface area contributed by atoms with Gasteiger partial charge in [0.15, 0.2) is 0 Å². The Bertz CT molecular complexity index is 516. The van der Waals surface area contributed by atoms with Gasteiger partial charge in [0, 0.05) is 13.6 Å². The third-order valence-corrected chi connectivity index (χ3v) is 5.17. The van der Waals surface area contributed by atoms with E-state index in [9.17, 15) is 4.79 Å². The third-order valence-electron chi connectivity index (χ3n) is 1.98. The summed E-state index contributed by atoms with van der Waals surface area (Å²) in [6.07, 6.45) is 0. The van der Waals surface area contributed by atoms with Crippen molar-refractivity contribution in [3.05, 3.63) is 53.2 Å². The molecule has 5 heteroatoms. The van der Waals surface area contributed by atoms with Gasteiger partial charge in [0.2, 0.25) is 5.78 Å². The fraction of sp³-hybridized carbons (Fsp3) is 0. The van der Waals surface area contributed by atoms with Gasteiger partial charge in [-0.1, -0.05) is 11.6 Å². The first-order valence-electron chi connectivity index (χ1n) is 4.33. The van der Waals surface area contributed by atoms with Gasteiger partial charge in [0.25, 0.3) is 0 Å². The van der Waals surface area contributed by atoms with Crippen LogP contribution in [0.15, 0.2) is 34.8 Å². The van der Waals surface area contributed by atoms with Crippen LogP contribution in [0.2, 0.25) is 4.34 Å². The lowest BCUT2D eigenvalue weighted by atomic mass is 10.1. The van der Waals surface area contributed by atoms with E-state index in [0.29, 0.717) is 14.8 Å². The second-order valence-corrected chi connectivity index (χ2v) is 6.82. The van der Waals surface area contributed by atoms with Crippen molar-refractivity contribution < 1.29 is 4.79 Å². The molecule has 1 aromatic heterocycles. The summed E-state index contributed by atoms with van der Waals surface area (Å²) in [6.45, 7) is 0. The van der Waals surface area contributed by atoms with E-state index in [4.69, 9.17) is 11.6 Å². The minimum atomic E-state index is 0.00833. The standard InChI is InChI=1S/C11H5BrClIOS/c12-8-5-9(16-11(8)13)10(15)6-1-3-7(14)4-2-6/h1-5H. The smallest absolute Gasteiger partial charge is 0.203 e. The highest BCUT2D eigenvalue weighted by molar-refractivity contribution is 14.1. The first kappa shape index (κ1) is 12.5. The molecule has 82 valence electrons. The molecule has 0 N–H and O–H groups in total. The van der Waals surface area contributed by atoms with E-state index < -0.39 is 0 Å². The number of halogens is 3. The number of ketones is 1. The molecule has 0 saturated heterocycles. The van der Waals surface area contributed by atoms with Gasteiger partial charge in [-0.15, -0.1) is 11.3 Å². The minimum absolute atomic E-state index is 0.00833. The van der Waals surface area contributed by atoms with E-state index >= 15 is 0 Å². The average Bonchev–Trinajstić information content (AvgIpc) is 2.59. The zero-order chi connectivity index (χ0) is 11.7. The monoisotopic (exact) mass is 426 g/mol. The topological polar surface area (TPSA) is 17.1 Å². The van der Waals surface area contributed by atoms with Crippen LogP contribution in [-0.2, 0) is 0 Å². The molecule has 2 aromatic rings. The molecule has 0 unspecified atom stereocenters. The Morgan fingerprint density at radius 1 is 1.31 bits per heavy atom. The summed E-state index contributed by atoms with van der Waals surface area (Å²) in [5.41, 5.74) is 0.686. The lowest BCUT2D eigenvalue weighted by Gasteiger charge is -1.97. The lowest BCUT2D eigenvalue weighted by molar-refractivity contribution is 0.104. The number of hydrogen-bond donors (Lipinski definition) is 0. The maximum Gasteiger partial charge on any atom is 0.203 e. The van der Waals surface area contributed by atoms with Gasteiger partial charge >= 0.3 is 0 Å². The van der Waals surface area contributed by atoms with Gasteiger partial charge in [0.05, 0.1) is 4.88 Å².